The van der Waals surface area contributed by atoms with E-state index < -0.39 is 0 Å². The van der Waals surface area contributed by atoms with E-state index in [0.29, 0.717) is 11.7 Å². The van der Waals surface area contributed by atoms with E-state index in [1.807, 2.05) is 13.2 Å². The van der Waals surface area contributed by atoms with Gasteiger partial charge in [0.15, 0.2) is 5.82 Å². The van der Waals surface area contributed by atoms with E-state index in [9.17, 15) is 0 Å². The number of nitrogens with one attached hydrogen (secondary N) is 1. The van der Waals surface area contributed by atoms with Crippen LogP contribution in [0.4, 0.5) is 11.5 Å². The second-order valence-corrected chi connectivity index (χ2v) is 5.05. The third-order valence-electron chi connectivity index (χ3n) is 2.90. The summed E-state index contributed by atoms with van der Waals surface area (Å²) in [5.41, 5.74) is 6.49. The zero-order valence-corrected chi connectivity index (χ0v) is 10.2. The van der Waals surface area contributed by atoms with Gasteiger partial charge >= 0.3 is 0 Å². The molecule has 0 saturated carbocycles. The lowest BCUT2D eigenvalue weighted by Crippen LogP contribution is -2.40. The monoisotopic (exact) mass is 224 g/mol. The minimum atomic E-state index is -0.0561. The van der Waals surface area contributed by atoms with Crippen molar-refractivity contribution in [2.45, 2.75) is 38.3 Å². The molecule has 1 unspecified atom stereocenters. The van der Waals surface area contributed by atoms with Crippen LogP contribution in [0, 0.1) is 0 Å². The molecule has 2 heterocycles. The van der Waals surface area contributed by atoms with Crippen molar-refractivity contribution in [2.75, 3.05) is 17.7 Å². The number of anilines is 2. The minimum absolute atomic E-state index is 0.0561. The van der Waals surface area contributed by atoms with Crippen LogP contribution in [-0.4, -0.2) is 28.0 Å². The van der Waals surface area contributed by atoms with Crippen LogP contribution in [-0.2, 0) is 11.8 Å². The molecule has 16 heavy (non-hydrogen) atoms. The summed E-state index contributed by atoms with van der Waals surface area (Å²) in [5, 5.41) is 7.68. The summed E-state index contributed by atoms with van der Waals surface area (Å²) in [4.78, 5) is 0. The smallest absolute Gasteiger partial charge is 0.171 e. The first-order valence-corrected chi connectivity index (χ1v) is 5.66. The summed E-state index contributed by atoms with van der Waals surface area (Å²) in [6.07, 6.45) is 3.79. The molecule has 5 heteroatoms. The standard InChI is InChI=1S/C11H20N4O/c1-11(2)6-8(4-5-16-11)13-10-9(12)7-15(3)14-10/h7-8H,4-6,12H2,1-3H3,(H,13,14). The van der Waals surface area contributed by atoms with Crippen molar-refractivity contribution < 1.29 is 4.74 Å². The van der Waals surface area contributed by atoms with Crippen molar-refractivity contribution in [3.8, 4) is 0 Å². The van der Waals surface area contributed by atoms with Gasteiger partial charge < -0.3 is 15.8 Å². The number of hydrogen-bond acceptors (Lipinski definition) is 4. The van der Waals surface area contributed by atoms with Crippen LogP contribution in [0.15, 0.2) is 6.20 Å². The topological polar surface area (TPSA) is 65.1 Å². The third kappa shape index (κ3) is 2.47. The molecular formula is C11H20N4O. The van der Waals surface area contributed by atoms with E-state index >= 15 is 0 Å². The molecule has 1 aliphatic rings. The van der Waals surface area contributed by atoms with Gasteiger partial charge in [-0.15, -0.1) is 0 Å². The zero-order chi connectivity index (χ0) is 11.8. The lowest BCUT2D eigenvalue weighted by molar-refractivity contribution is -0.0553. The van der Waals surface area contributed by atoms with Crippen LogP contribution in [0.3, 0.4) is 0 Å². The SMILES string of the molecule is Cn1cc(N)c(NC2CCOC(C)(C)C2)n1. The van der Waals surface area contributed by atoms with Crippen LogP contribution in [0.1, 0.15) is 26.7 Å². The normalized spacial score (nSPS) is 24.3. The van der Waals surface area contributed by atoms with Crippen molar-refractivity contribution in [3.05, 3.63) is 6.20 Å². The highest BCUT2D eigenvalue weighted by Gasteiger charge is 2.29. The summed E-state index contributed by atoms with van der Waals surface area (Å²) in [6, 6.07) is 0.390. The highest BCUT2D eigenvalue weighted by atomic mass is 16.5. The van der Waals surface area contributed by atoms with Gasteiger partial charge in [-0.3, -0.25) is 4.68 Å². The Morgan fingerprint density at radius 1 is 1.62 bits per heavy atom. The highest BCUT2D eigenvalue weighted by molar-refractivity contribution is 5.60. The first kappa shape index (κ1) is 11.3. The molecule has 1 aliphatic heterocycles. The molecule has 5 nitrogen and oxygen atoms in total. The fourth-order valence-electron chi connectivity index (χ4n) is 2.17. The van der Waals surface area contributed by atoms with Gasteiger partial charge in [0, 0.05) is 25.9 Å². The van der Waals surface area contributed by atoms with E-state index in [-0.39, 0.29) is 5.60 Å². The first-order valence-electron chi connectivity index (χ1n) is 5.66. The molecule has 0 bridgehead atoms. The Kier molecular flexibility index (Phi) is 2.80. The number of nitrogens with two attached hydrogens (primary N) is 1. The lowest BCUT2D eigenvalue weighted by atomic mass is 9.94. The van der Waals surface area contributed by atoms with Crippen LogP contribution in [0.2, 0.25) is 0 Å². The quantitative estimate of drug-likeness (QED) is 0.796. The minimum Gasteiger partial charge on any atom is -0.394 e. The highest BCUT2D eigenvalue weighted by Crippen LogP contribution is 2.27. The van der Waals surface area contributed by atoms with Crippen molar-refractivity contribution in [1.82, 2.24) is 9.78 Å². The molecule has 1 aromatic rings. The molecule has 2 rings (SSSR count). The molecule has 0 aromatic carbocycles. The fraction of sp³-hybridized carbons (Fsp3) is 0.727. The summed E-state index contributed by atoms with van der Waals surface area (Å²) >= 11 is 0. The molecule has 0 spiro atoms. The number of aryl methyl sites for hydroxylation is 1. The van der Waals surface area contributed by atoms with Crippen molar-refractivity contribution in [2.24, 2.45) is 7.05 Å². The molecule has 0 aliphatic carbocycles. The predicted octanol–water partition coefficient (Wildman–Crippen LogP) is 1.37. The Morgan fingerprint density at radius 2 is 2.38 bits per heavy atom. The second-order valence-electron chi connectivity index (χ2n) is 5.05. The summed E-state index contributed by atoms with van der Waals surface area (Å²) < 4.78 is 7.40. The number of nitrogens with zero attached hydrogens (tertiary/aromatic N) is 2. The molecule has 90 valence electrons. The van der Waals surface area contributed by atoms with Crippen molar-refractivity contribution >= 4 is 11.5 Å². The maximum absolute atomic E-state index is 5.85. The Morgan fingerprint density at radius 3 is 2.94 bits per heavy atom. The van der Waals surface area contributed by atoms with Crippen LogP contribution < -0.4 is 11.1 Å². The molecule has 1 saturated heterocycles. The molecule has 1 fully saturated rings. The largest absolute Gasteiger partial charge is 0.394 e. The molecule has 0 amide bonds. The number of rotatable bonds is 2. The number of hydrogen-bond donors (Lipinski definition) is 2. The summed E-state index contributed by atoms with van der Waals surface area (Å²) in [6.45, 7) is 5.02. The Balaban J connectivity index is 2.02. The Bertz CT molecular complexity index is 372. The maximum Gasteiger partial charge on any atom is 0.171 e. The molecular weight excluding hydrogens is 204 g/mol. The van der Waals surface area contributed by atoms with Gasteiger partial charge in [0.25, 0.3) is 0 Å². The van der Waals surface area contributed by atoms with Gasteiger partial charge in [-0.1, -0.05) is 0 Å². The van der Waals surface area contributed by atoms with E-state index in [4.69, 9.17) is 10.5 Å². The predicted molar refractivity (Wildman–Crippen MR) is 64.3 cm³/mol. The van der Waals surface area contributed by atoms with Crippen LogP contribution in [0.25, 0.3) is 0 Å². The second kappa shape index (κ2) is 3.97. The molecule has 1 aromatic heterocycles. The molecule has 1 atom stereocenters. The van der Waals surface area contributed by atoms with Gasteiger partial charge in [0.2, 0.25) is 0 Å². The van der Waals surface area contributed by atoms with Gasteiger partial charge in [0.05, 0.1) is 11.3 Å². The fourth-order valence-corrected chi connectivity index (χ4v) is 2.17. The van der Waals surface area contributed by atoms with Crippen LogP contribution in [0.5, 0.6) is 0 Å². The van der Waals surface area contributed by atoms with Crippen molar-refractivity contribution in [3.63, 3.8) is 0 Å². The van der Waals surface area contributed by atoms with E-state index in [1.54, 1.807) is 4.68 Å². The maximum atomic E-state index is 5.85. The van der Waals surface area contributed by atoms with Gasteiger partial charge in [-0.05, 0) is 26.7 Å². The molecule has 0 radical (unpaired) electrons. The average molecular weight is 224 g/mol. The van der Waals surface area contributed by atoms with Crippen molar-refractivity contribution in [1.29, 1.82) is 0 Å². The Labute approximate surface area is 96.0 Å². The average Bonchev–Trinajstić information content (AvgIpc) is 2.43. The first-order chi connectivity index (χ1) is 7.46. The Hall–Kier alpha value is -1.23. The number of nitrogen functional groups attached to an aromatic ring is 1. The summed E-state index contributed by atoms with van der Waals surface area (Å²) in [5.74, 6) is 0.783. The number of aromatic nitrogens is 2. The summed E-state index contributed by atoms with van der Waals surface area (Å²) in [7, 11) is 1.87. The van der Waals surface area contributed by atoms with E-state index in [0.717, 1.165) is 25.3 Å². The van der Waals surface area contributed by atoms with Gasteiger partial charge in [-0.2, -0.15) is 5.10 Å². The lowest BCUT2D eigenvalue weighted by Gasteiger charge is -2.35. The van der Waals surface area contributed by atoms with E-state index in [1.165, 1.54) is 0 Å². The third-order valence-corrected chi connectivity index (χ3v) is 2.90. The van der Waals surface area contributed by atoms with Crippen LogP contribution >= 0.6 is 0 Å². The molecule has 3 N–H and O–H groups in total. The van der Waals surface area contributed by atoms with Gasteiger partial charge in [0.1, 0.15) is 0 Å². The van der Waals surface area contributed by atoms with E-state index in [2.05, 4.69) is 24.3 Å². The zero-order valence-electron chi connectivity index (χ0n) is 10.2. The number of ether oxygens (including phenoxy) is 1. The van der Waals surface area contributed by atoms with Gasteiger partial charge in [-0.25, -0.2) is 0 Å².